The zero-order chi connectivity index (χ0) is 10.8. The molecule has 0 N–H and O–H groups in total. The van der Waals surface area contributed by atoms with Gasteiger partial charge in [0.2, 0.25) is 0 Å². The largest absolute Gasteiger partial charge is 0.305 e. The van der Waals surface area contributed by atoms with Crippen LogP contribution in [0.1, 0.15) is 5.69 Å². The molecule has 0 atom stereocenters. The van der Waals surface area contributed by atoms with E-state index >= 15 is 0 Å². The highest BCUT2D eigenvalue weighted by atomic mass is 79.9. The van der Waals surface area contributed by atoms with Crippen molar-refractivity contribution in [3.05, 3.63) is 45.9 Å². The summed E-state index contributed by atoms with van der Waals surface area (Å²) in [6.07, 6.45) is 3.76. The maximum Gasteiger partial charge on any atom is 0.0995 e. The molecule has 0 saturated carbocycles. The second-order valence-electron chi connectivity index (χ2n) is 3.00. The molecule has 0 unspecified atom stereocenters. The van der Waals surface area contributed by atoms with E-state index in [1.165, 1.54) is 0 Å². The number of alkyl halides is 1. The van der Waals surface area contributed by atoms with Crippen LogP contribution in [-0.2, 0) is 5.33 Å². The van der Waals surface area contributed by atoms with Crippen LogP contribution in [0.3, 0.4) is 0 Å². The molecule has 2 rings (SSSR count). The van der Waals surface area contributed by atoms with Crippen molar-refractivity contribution in [3.63, 3.8) is 0 Å². The molecule has 0 aliphatic heterocycles. The first-order chi connectivity index (χ1) is 7.20. The van der Waals surface area contributed by atoms with Gasteiger partial charge in [-0.3, -0.25) is 0 Å². The van der Waals surface area contributed by atoms with E-state index < -0.39 is 0 Å². The van der Waals surface area contributed by atoms with Gasteiger partial charge in [-0.2, -0.15) is 0 Å². The molecule has 5 heteroatoms. The lowest BCUT2D eigenvalue weighted by atomic mass is 10.3. The third-order valence-corrected chi connectivity index (χ3v) is 3.41. The molecule has 0 saturated heterocycles. The highest BCUT2D eigenvalue weighted by Gasteiger charge is 2.04. The van der Waals surface area contributed by atoms with Gasteiger partial charge < -0.3 is 4.57 Å². The molecule has 78 valence electrons. The Kier molecular flexibility index (Phi) is 3.49. The van der Waals surface area contributed by atoms with Crippen molar-refractivity contribution >= 4 is 43.5 Å². The number of imidazole rings is 1. The van der Waals surface area contributed by atoms with E-state index in [0.717, 1.165) is 21.2 Å². The summed E-state index contributed by atoms with van der Waals surface area (Å²) in [4.78, 5) is 4.24. The van der Waals surface area contributed by atoms with Gasteiger partial charge in [-0.15, -0.1) is 0 Å². The zero-order valence-electron chi connectivity index (χ0n) is 7.62. The molecule has 0 spiro atoms. The number of rotatable bonds is 2. The molecule has 2 nitrogen and oxygen atoms in total. The fourth-order valence-electron chi connectivity index (χ4n) is 1.25. The fraction of sp³-hybridized carbons (Fsp3) is 0.100. The monoisotopic (exact) mass is 348 g/mol. The first-order valence-electron chi connectivity index (χ1n) is 4.25. The van der Waals surface area contributed by atoms with Crippen LogP contribution in [0.2, 0.25) is 5.02 Å². The van der Waals surface area contributed by atoms with Gasteiger partial charge in [0.05, 0.1) is 17.7 Å². The second kappa shape index (κ2) is 4.68. The average molecular weight is 350 g/mol. The van der Waals surface area contributed by atoms with Crippen molar-refractivity contribution in [1.29, 1.82) is 0 Å². The lowest BCUT2D eigenvalue weighted by Gasteiger charge is -2.04. The highest BCUT2D eigenvalue weighted by molar-refractivity contribution is 9.10. The van der Waals surface area contributed by atoms with Crippen LogP contribution in [-0.4, -0.2) is 9.55 Å². The van der Waals surface area contributed by atoms with Gasteiger partial charge in [0.1, 0.15) is 0 Å². The van der Waals surface area contributed by atoms with Crippen molar-refractivity contribution < 1.29 is 0 Å². The lowest BCUT2D eigenvalue weighted by molar-refractivity contribution is 1.05. The number of hydrogen-bond acceptors (Lipinski definition) is 1. The van der Waals surface area contributed by atoms with Crippen molar-refractivity contribution in [2.24, 2.45) is 0 Å². The third-order valence-electron chi connectivity index (χ3n) is 1.96. The Morgan fingerprint density at radius 1 is 1.40 bits per heavy atom. The van der Waals surface area contributed by atoms with E-state index in [9.17, 15) is 0 Å². The topological polar surface area (TPSA) is 17.8 Å². The molecule has 0 bridgehead atoms. The molecule has 1 aromatic carbocycles. The van der Waals surface area contributed by atoms with Gasteiger partial charge in [0.15, 0.2) is 0 Å². The highest BCUT2D eigenvalue weighted by Crippen LogP contribution is 2.25. The van der Waals surface area contributed by atoms with Gasteiger partial charge in [-0.1, -0.05) is 27.5 Å². The molecule has 1 heterocycles. The summed E-state index contributed by atoms with van der Waals surface area (Å²) in [6, 6.07) is 5.67. The molecule has 0 aliphatic carbocycles. The van der Waals surface area contributed by atoms with E-state index in [2.05, 4.69) is 36.8 Å². The molecule has 0 amide bonds. The predicted molar refractivity (Wildman–Crippen MR) is 68.9 cm³/mol. The maximum atomic E-state index is 5.87. The van der Waals surface area contributed by atoms with E-state index in [4.69, 9.17) is 11.6 Å². The van der Waals surface area contributed by atoms with Crippen LogP contribution in [0.5, 0.6) is 0 Å². The van der Waals surface area contributed by atoms with Crippen LogP contribution in [0.4, 0.5) is 0 Å². The van der Waals surface area contributed by atoms with E-state index in [1.807, 2.05) is 29.0 Å². The summed E-state index contributed by atoms with van der Waals surface area (Å²) in [5, 5.41) is 1.47. The van der Waals surface area contributed by atoms with Gasteiger partial charge in [-0.05, 0) is 34.1 Å². The van der Waals surface area contributed by atoms with E-state index in [1.54, 1.807) is 6.33 Å². The maximum absolute atomic E-state index is 5.87. The smallest absolute Gasteiger partial charge is 0.0995 e. The first-order valence-corrected chi connectivity index (χ1v) is 6.54. The van der Waals surface area contributed by atoms with E-state index in [-0.39, 0.29) is 0 Å². The molecular weight excluding hydrogens is 343 g/mol. The normalized spacial score (nSPS) is 10.6. The lowest BCUT2D eigenvalue weighted by Crippen LogP contribution is -1.90. The second-order valence-corrected chi connectivity index (χ2v) is 4.85. The number of halogens is 3. The summed E-state index contributed by atoms with van der Waals surface area (Å²) in [5.74, 6) is 0. The van der Waals surface area contributed by atoms with Crippen molar-refractivity contribution in [2.45, 2.75) is 5.33 Å². The first kappa shape index (κ1) is 11.2. The standard InChI is InChI=1S/C10H7Br2ClN2/c11-4-8-5-15(6-14-8)10-2-1-7(13)3-9(10)12/h1-3,5-6H,4H2. The number of nitrogens with zero attached hydrogens (tertiary/aromatic N) is 2. The third kappa shape index (κ3) is 2.44. The van der Waals surface area contributed by atoms with Crippen LogP contribution >= 0.6 is 43.5 Å². The molecule has 0 radical (unpaired) electrons. The molecular formula is C10H7Br2ClN2. The molecule has 0 fully saturated rings. The summed E-state index contributed by atoms with van der Waals surface area (Å²) < 4.78 is 2.91. The minimum atomic E-state index is 0.714. The van der Waals surface area contributed by atoms with E-state index in [0.29, 0.717) is 5.02 Å². The summed E-state index contributed by atoms with van der Waals surface area (Å²) in [5.41, 5.74) is 2.02. The fourth-order valence-corrected chi connectivity index (χ4v) is 2.43. The minimum Gasteiger partial charge on any atom is -0.305 e. The average Bonchev–Trinajstić information content (AvgIpc) is 2.66. The number of aromatic nitrogens is 2. The Bertz CT molecular complexity index is 482. The Labute approximate surface area is 110 Å². The predicted octanol–water partition coefficient (Wildman–Crippen LogP) is 4.18. The summed E-state index contributed by atoms with van der Waals surface area (Å²) in [7, 11) is 0. The minimum absolute atomic E-state index is 0.714. The molecule has 2 aromatic rings. The Balaban J connectivity index is 2.44. The van der Waals surface area contributed by atoms with Crippen LogP contribution in [0.25, 0.3) is 5.69 Å². The van der Waals surface area contributed by atoms with Crippen molar-refractivity contribution in [1.82, 2.24) is 9.55 Å². The van der Waals surface area contributed by atoms with Crippen molar-refractivity contribution in [2.75, 3.05) is 0 Å². The SMILES string of the molecule is Clc1ccc(-n2cnc(CBr)c2)c(Br)c1. The summed E-state index contributed by atoms with van der Waals surface area (Å²) in [6.45, 7) is 0. The van der Waals surface area contributed by atoms with Crippen LogP contribution < -0.4 is 0 Å². The Hall–Kier alpha value is -0.320. The van der Waals surface area contributed by atoms with Gasteiger partial charge in [0, 0.05) is 21.0 Å². The molecule has 1 aromatic heterocycles. The van der Waals surface area contributed by atoms with Gasteiger partial charge in [-0.25, -0.2) is 4.98 Å². The zero-order valence-corrected chi connectivity index (χ0v) is 11.6. The molecule has 0 aliphatic rings. The Morgan fingerprint density at radius 3 is 2.80 bits per heavy atom. The Morgan fingerprint density at radius 2 is 2.20 bits per heavy atom. The van der Waals surface area contributed by atoms with Crippen LogP contribution in [0.15, 0.2) is 35.2 Å². The van der Waals surface area contributed by atoms with Crippen molar-refractivity contribution in [3.8, 4) is 5.69 Å². The molecule has 15 heavy (non-hydrogen) atoms. The number of hydrogen-bond donors (Lipinski definition) is 0. The number of benzene rings is 1. The van der Waals surface area contributed by atoms with Gasteiger partial charge >= 0.3 is 0 Å². The summed E-state index contributed by atoms with van der Waals surface area (Å²) >= 11 is 12.7. The van der Waals surface area contributed by atoms with Gasteiger partial charge in [0.25, 0.3) is 0 Å². The quantitative estimate of drug-likeness (QED) is 0.743. The van der Waals surface area contributed by atoms with Crippen LogP contribution in [0, 0.1) is 0 Å².